The zero-order valence-electron chi connectivity index (χ0n) is 9.29. The number of aromatic nitrogens is 2. The van der Waals surface area contributed by atoms with Crippen molar-refractivity contribution < 1.29 is 0 Å². The normalized spacial score (nSPS) is 24.6. The Morgan fingerprint density at radius 1 is 1.62 bits per heavy atom. The minimum atomic E-state index is -0.0717. The molecule has 0 saturated heterocycles. The molecule has 2 rings (SSSR count). The van der Waals surface area contributed by atoms with Gasteiger partial charge in [-0.1, -0.05) is 19.8 Å². The van der Waals surface area contributed by atoms with Gasteiger partial charge in [0.25, 0.3) is 5.56 Å². The van der Waals surface area contributed by atoms with Crippen LogP contribution in [0, 0.1) is 15.4 Å². The molecule has 2 N–H and O–H groups in total. The molecule has 88 valence electrons. The summed E-state index contributed by atoms with van der Waals surface area (Å²) in [7, 11) is 0. The van der Waals surface area contributed by atoms with Gasteiger partial charge in [0, 0.05) is 6.54 Å². The van der Waals surface area contributed by atoms with E-state index in [0.717, 1.165) is 18.4 Å². The molecule has 1 aliphatic carbocycles. The second-order valence-electron chi connectivity index (χ2n) is 4.44. The van der Waals surface area contributed by atoms with E-state index in [9.17, 15) is 4.79 Å². The molecule has 0 spiro atoms. The second-order valence-corrected chi connectivity index (χ2v) is 5.52. The Morgan fingerprint density at radius 3 is 3.12 bits per heavy atom. The molecule has 1 heterocycles. The van der Waals surface area contributed by atoms with Crippen LogP contribution in [-0.2, 0) is 0 Å². The minimum Gasteiger partial charge on any atom is -0.369 e. The standard InChI is InChI=1S/C11H16IN3O/c1-7-3-2-4-8(7)5-13-10-9(12)11(16)15-6-14-10/h6-8H,2-5H2,1H3,(H2,13,14,15,16). The Bertz CT molecular complexity index is 418. The number of aromatic amines is 1. The van der Waals surface area contributed by atoms with Crippen molar-refractivity contribution in [3.05, 3.63) is 20.3 Å². The highest BCUT2D eigenvalue weighted by Gasteiger charge is 2.23. The summed E-state index contributed by atoms with van der Waals surface area (Å²) in [6.45, 7) is 3.23. The van der Waals surface area contributed by atoms with Gasteiger partial charge in [-0.15, -0.1) is 0 Å². The summed E-state index contributed by atoms with van der Waals surface area (Å²) >= 11 is 2.03. The number of hydrogen-bond donors (Lipinski definition) is 2. The Labute approximate surface area is 108 Å². The molecule has 0 amide bonds. The fourth-order valence-electron chi connectivity index (χ4n) is 2.26. The van der Waals surface area contributed by atoms with Gasteiger partial charge in [-0.25, -0.2) is 4.98 Å². The maximum absolute atomic E-state index is 11.4. The van der Waals surface area contributed by atoms with Crippen molar-refractivity contribution in [3.8, 4) is 0 Å². The lowest BCUT2D eigenvalue weighted by molar-refractivity contribution is 0.439. The minimum absolute atomic E-state index is 0.0717. The Morgan fingerprint density at radius 2 is 2.44 bits per heavy atom. The fraction of sp³-hybridized carbons (Fsp3) is 0.636. The molecule has 2 atom stereocenters. The predicted molar refractivity (Wildman–Crippen MR) is 72.6 cm³/mol. The summed E-state index contributed by atoms with van der Waals surface area (Å²) in [5, 5.41) is 3.29. The van der Waals surface area contributed by atoms with Gasteiger partial charge < -0.3 is 10.3 Å². The van der Waals surface area contributed by atoms with Gasteiger partial charge >= 0.3 is 0 Å². The van der Waals surface area contributed by atoms with Crippen LogP contribution in [0.1, 0.15) is 26.2 Å². The molecular formula is C11H16IN3O. The molecule has 1 aliphatic rings. The molecule has 2 unspecified atom stereocenters. The zero-order valence-corrected chi connectivity index (χ0v) is 11.5. The first-order valence-corrected chi connectivity index (χ1v) is 6.73. The third kappa shape index (κ3) is 2.56. The quantitative estimate of drug-likeness (QED) is 0.834. The molecule has 0 bridgehead atoms. The van der Waals surface area contributed by atoms with Gasteiger partial charge in [0.05, 0.1) is 6.33 Å². The van der Waals surface area contributed by atoms with E-state index in [-0.39, 0.29) is 5.56 Å². The topological polar surface area (TPSA) is 57.8 Å². The maximum atomic E-state index is 11.4. The predicted octanol–water partition coefficient (Wildman–Crippen LogP) is 2.22. The number of rotatable bonds is 3. The summed E-state index contributed by atoms with van der Waals surface area (Å²) in [5.74, 6) is 2.22. The lowest BCUT2D eigenvalue weighted by atomic mass is 9.98. The van der Waals surface area contributed by atoms with Crippen LogP contribution in [0.3, 0.4) is 0 Å². The fourth-order valence-corrected chi connectivity index (χ4v) is 2.75. The van der Waals surface area contributed by atoms with E-state index >= 15 is 0 Å². The van der Waals surface area contributed by atoms with Gasteiger partial charge in [-0.2, -0.15) is 0 Å². The number of H-pyrrole nitrogens is 1. The van der Waals surface area contributed by atoms with E-state index in [1.54, 1.807) is 0 Å². The molecule has 1 aromatic rings. The van der Waals surface area contributed by atoms with E-state index < -0.39 is 0 Å². The van der Waals surface area contributed by atoms with Crippen molar-refractivity contribution in [2.45, 2.75) is 26.2 Å². The number of halogens is 1. The first-order chi connectivity index (χ1) is 7.68. The molecular weight excluding hydrogens is 317 g/mol. The van der Waals surface area contributed by atoms with Crippen LogP contribution in [0.25, 0.3) is 0 Å². The lowest BCUT2D eigenvalue weighted by Gasteiger charge is -2.16. The Hall–Kier alpha value is -0.590. The Kier molecular flexibility index (Phi) is 3.83. The van der Waals surface area contributed by atoms with Crippen molar-refractivity contribution in [3.63, 3.8) is 0 Å². The van der Waals surface area contributed by atoms with E-state index in [1.165, 1.54) is 25.6 Å². The number of nitrogens with zero attached hydrogens (tertiary/aromatic N) is 1. The van der Waals surface area contributed by atoms with Crippen molar-refractivity contribution >= 4 is 28.4 Å². The SMILES string of the molecule is CC1CCCC1CNc1nc[nH]c(=O)c1I. The van der Waals surface area contributed by atoms with Crippen LogP contribution in [0.5, 0.6) is 0 Å². The molecule has 4 nitrogen and oxygen atoms in total. The monoisotopic (exact) mass is 333 g/mol. The smallest absolute Gasteiger partial charge is 0.266 e. The second kappa shape index (κ2) is 5.16. The average Bonchev–Trinajstić information content (AvgIpc) is 2.67. The zero-order chi connectivity index (χ0) is 11.5. The van der Waals surface area contributed by atoms with Gasteiger partial charge in [-0.3, -0.25) is 4.79 Å². The summed E-state index contributed by atoms with van der Waals surface area (Å²) in [6.07, 6.45) is 5.39. The Balaban J connectivity index is 1.99. The summed E-state index contributed by atoms with van der Waals surface area (Å²) in [6, 6.07) is 0. The van der Waals surface area contributed by atoms with Crippen molar-refractivity contribution in [1.29, 1.82) is 0 Å². The van der Waals surface area contributed by atoms with Crippen LogP contribution < -0.4 is 10.9 Å². The van der Waals surface area contributed by atoms with Crippen molar-refractivity contribution in [2.24, 2.45) is 11.8 Å². The van der Waals surface area contributed by atoms with Crippen LogP contribution in [0.15, 0.2) is 11.1 Å². The molecule has 0 aliphatic heterocycles. The first kappa shape index (κ1) is 11.9. The van der Waals surface area contributed by atoms with Crippen LogP contribution >= 0.6 is 22.6 Å². The van der Waals surface area contributed by atoms with Crippen LogP contribution in [-0.4, -0.2) is 16.5 Å². The van der Waals surface area contributed by atoms with Gasteiger partial charge in [0.2, 0.25) is 0 Å². The lowest BCUT2D eigenvalue weighted by Crippen LogP contribution is -2.20. The third-order valence-electron chi connectivity index (χ3n) is 3.37. The van der Waals surface area contributed by atoms with Crippen LogP contribution in [0.4, 0.5) is 5.82 Å². The largest absolute Gasteiger partial charge is 0.369 e. The molecule has 0 radical (unpaired) electrons. The summed E-state index contributed by atoms with van der Waals surface area (Å²) in [4.78, 5) is 18.1. The van der Waals surface area contributed by atoms with Gasteiger partial charge in [0.1, 0.15) is 9.39 Å². The van der Waals surface area contributed by atoms with E-state index in [2.05, 4.69) is 22.2 Å². The van der Waals surface area contributed by atoms with Crippen molar-refractivity contribution in [2.75, 3.05) is 11.9 Å². The molecule has 1 aromatic heterocycles. The van der Waals surface area contributed by atoms with Crippen LogP contribution in [0.2, 0.25) is 0 Å². The molecule has 1 saturated carbocycles. The van der Waals surface area contributed by atoms with E-state index in [0.29, 0.717) is 9.39 Å². The van der Waals surface area contributed by atoms with E-state index in [4.69, 9.17) is 0 Å². The molecule has 0 aromatic carbocycles. The summed E-state index contributed by atoms with van der Waals surface area (Å²) < 4.78 is 0.644. The third-order valence-corrected chi connectivity index (χ3v) is 4.37. The highest BCUT2D eigenvalue weighted by Crippen LogP contribution is 2.31. The first-order valence-electron chi connectivity index (χ1n) is 5.65. The highest BCUT2D eigenvalue weighted by atomic mass is 127. The molecule has 16 heavy (non-hydrogen) atoms. The highest BCUT2D eigenvalue weighted by molar-refractivity contribution is 14.1. The van der Waals surface area contributed by atoms with Crippen molar-refractivity contribution in [1.82, 2.24) is 9.97 Å². The number of anilines is 1. The molecule has 5 heteroatoms. The average molecular weight is 333 g/mol. The van der Waals surface area contributed by atoms with E-state index in [1.807, 2.05) is 22.6 Å². The van der Waals surface area contributed by atoms with Gasteiger partial charge in [0.15, 0.2) is 0 Å². The maximum Gasteiger partial charge on any atom is 0.266 e. The summed E-state index contributed by atoms with van der Waals surface area (Å²) in [5.41, 5.74) is -0.0717. The van der Waals surface area contributed by atoms with Gasteiger partial charge in [-0.05, 0) is 40.8 Å². The number of hydrogen-bond acceptors (Lipinski definition) is 3. The number of nitrogens with one attached hydrogen (secondary N) is 2. The molecule has 1 fully saturated rings.